The molecule has 0 aromatic rings. The first-order valence-electron chi connectivity index (χ1n) is 6.89. The number of aliphatic hydroxyl groups is 6. The van der Waals surface area contributed by atoms with E-state index in [-0.39, 0.29) is 12.3 Å². The van der Waals surface area contributed by atoms with Gasteiger partial charge in [0, 0.05) is 0 Å². The number of hydrogen-bond donors (Lipinski definition) is 7. The fraction of sp³-hybridized carbons (Fsp3) is 0.917. The lowest BCUT2D eigenvalue weighted by Crippen LogP contribution is -2.54. The Kier molecular flexibility index (Phi) is 7.52. The Morgan fingerprint density at radius 1 is 1.10 bits per heavy atom. The molecule has 8 nitrogen and oxygen atoms in total. The van der Waals surface area contributed by atoms with Gasteiger partial charge in [-0.05, 0) is 12.3 Å². The van der Waals surface area contributed by atoms with Crippen LogP contribution in [0.3, 0.4) is 0 Å². The molecule has 120 valence electrons. The van der Waals surface area contributed by atoms with E-state index >= 15 is 0 Å². The van der Waals surface area contributed by atoms with Crippen molar-refractivity contribution in [2.75, 3.05) is 6.61 Å². The molecule has 0 saturated carbocycles. The van der Waals surface area contributed by atoms with Crippen molar-refractivity contribution in [3.8, 4) is 0 Å². The molecule has 6 atom stereocenters. The van der Waals surface area contributed by atoms with Crippen LogP contribution < -0.4 is 5.73 Å². The van der Waals surface area contributed by atoms with E-state index in [1.807, 2.05) is 5.73 Å². The number of ketones is 1. The fourth-order valence-corrected chi connectivity index (χ4v) is 1.69. The Balaban J connectivity index is 4.81. The van der Waals surface area contributed by atoms with Gasteiger partial charge in [-0.25, -0.2) is 0 Å². The van der Waals surface area contributed by atoms with E-state index in [2.05, 4.69) is 0 Å². The van der Waals surface area contributed by atoms with Crippen LogP contribution in [-0.2, 0) is 4.79 Å². The number of carbonyl (C=O) groups excluding carboxylic acids is 1. The van der Waals surface area contributed by atoms with E-state index in [0.717, 1.165) is 0 Å². The Morgan fingerprint density at radius 2 is 1.65 bits per heavy atom. The van der Waals surface area contributed by atoms with Crippen molar-refractivity contribution in [1.82, 2.24) is 0 Å². The van der Waals surface area contributed by atoms with Crippen molar-refractivity contribution < 1.29 is 36.8 Å². The SMILES string of the molecule is [2H]N[C@@H](CC(C)C)C(=O)C(O)[C@@H](O)[C@@H](O)[C@H](O)[C@H](O)CO. The first-order chi connectivity index (χ1) is 9.67. The number of Topliss-reactive ketones (excluding diaryl/α,β-unsaturated/α-hetero) is 1. The van der Waals surface area contributed by atoms with Crippen molar-refractivity contribution >= 4 is 5.78 Å². The van der Waals surface area contributed by atoms with Gasteiger partial charge < -0.3 is 36.4 Å². The largest absolute Gasteiger partial charge is 0.394 e. The highest BCUT2D eigenvalue weighted by molar-refractivity contribution is 5.88. The summed E-state index contributed by atoms with van der Waals surface area (Å²) in [5.41, 5.74) is 1.97. The van der Waals surface area contributed by atoms with Crippen LogP contribution >= 0.6 is 0 Å². The van der Waals surface area contributed by atoms with E-state index in [1.165, 1.54) is 0 Å². The zero-order valence-corrected chi connectivity index (χ0v) is 11.5. The van der Waals surface area contributed by atoms with E-state index in [9.17, 15) is 25.2 Å². The lowest BCUT2D eigenvalue weighted by atomic mass is 9.92. The van der Waals surface area contributed by atoms with Crippen molar-refractivity contribution in [3.05, 3.63) is 0 Å². The standard InChI is InChI=1S/C12H25NO7/c1-5(2)3-6(13)8(16)10(18)12(20)11(19)9(17)7(15)4-14/h5-7,9-12,14-15,17-20H,3-4,13H2,1-2H3/t6-,7+,9+,10?,11-,12+/m0/s1/i/hD. The third kappa shape index (κ3) is 5.41. The maximum Gasteiger partial charge on any atom is 0.180 e. The minimum Gasteiger partial charge on any atom is -0.394 e. The first-order valence-corrected chi connectivity index (χ1v) is 6.39. The van der Waals surface area contributed by atoms with Gasteiger partial charge in [-0.2, -0.15) is 0 Å². The molecular weight excluding hydrogens is 270 g/mol. The molecule has 0 heterocycles. The Bertz CT molecular complexity index is 318. The molecule has 0 saturated heterocycles. The lowest BCUT2D eigenvalue weighted by Gasteiger charge is -2.29. The minimum atomic E-state index is -2.06. The second-order valence-corrected chi connectivity index (χ2v) is 5.25. The summed E-state index contributed by atoms with van der Waals surface area (Å²) in [5, 5.41) is 56.3. The van der Waals surface area contributed by atoms with Crippen LogP contribution in [0.1, 0.15) is 20.3 Å². The number of aliphatic hydroxyl groups excluding tert-OH is 6. The predicted octanol–water partition coefficient (Wildman–Crippen LogP) is -3.27. The number of carbonyl (C=O) groups is 1. The maximum absolute atomic E-state index is 11.9. The van der Waals surface area contributed by atoms with Crippen molar-refractivity contribution in [3.63, 3.8) is 0 Å². The van der Waals surface area contributed by atoms with E-state index in [4.69, 9.17) is 11.6 Å². The molecule has 0 radical (unpaired) electrons. The second-order valence-electron chi connectivity index (χ2n) is 5.25. The predicted molar refractivity (Wildman–Crippen MR) is 69.6 cm³/mol. The van der Waals surface area contributed by atoms with E-state index in [1.54, 1.807) is 13.8 Å². The van der Waals surface area contributed by atoms with Gasteiger partial charge in [0.05, 0.1) is 12.6 Å². The summed E-state index contributed by atoms with van der Waals surface area (Å²) in [6, 6.07) is -1.04. The molecule has 20 heavy (non-hydrogen) atoms. The molecule has 0 aromatic carbocycles. The highest BCUT2D eigenvalue weighted by atomic mass is 16.4. The molecule has 0 aliphatic rings. The van der Waals surface area contributed by atoms with Crippen molar-refractivity contribution in [2.45, 2.75) is 56.8 Å². The first kappa shape index (κ1) is 17.4. The second kappa shape index (κ2) is 8.63. The highest BCUT2D eigenvalue weighted by Gasteiger charge is 2.38. The summed E-state index contributed by atoms with van der Waals surface area (Å²) in [6.45, 7) is 2.74. The smallest absolute Gasteiger partial charge is 0.180 e. The van der Waals surface area contributed by atoms with Crippen LogP contribution in [0.2, 0.25) is 1.41 Å². The summed E-state index contributed by atoms with van der Waals surface area (Å²) >= 11 is 0. The molecule has 0 aliphatic heterocycles. The van der Waals surface area contributed by atoms with Gasteiger partial charge in [0.1, 0.15) is 31.9 Å². The quantitative estimate of drug-likeness (QED) is 0.220. The van der Waals surface area contributed by atoms with Gasteiger partial charge >= 0.3 is 0 Å². The van der Waals surface area contributed by atoms with Gasteiger partial charge in [-0.3, -0.25) is 4.79 Å². The van der Waals surface area contributed by atoms with Gasteiger partial charge in [0.2, 0.25) is 0 Å². The van der Waals surface area contributed by atoms with Crippen LogP contribution in [0, 0.1) is 5.92 Å². The zero-order valence-electron chi connectivity index (χ0n) is 12.5. The van der Waals surface area contributed by atoms with Gasteiger partial charge in [-0.15, -0.1) is 0 Å². The van der Waals surface area contributed by atoms with Crippen molar-refractivity contribution in [2.24, 2.45) is 11.6 Å². The number of hydrogen-bond acceptors (Lipinski definition) is 8. The third-order valence-electron chi connectivity index (χ3n) is 2.95. The summed E-state index contributed by atoms with van der Waals surface area (Å²) in [4.78, 5) is 11.9. The molecule has 1 unspecified atom stereocenters. The molecule has 0 aliphatic carbocycles. The monoisotopic (exact) mass is 296 g/mol. The van der Waals surface area contributed by atoms with E-state index in [0.29, 0.717) is 0 Å². The van der Waals surface area contributed by atoms with Gasteiger partial charge in [0.25, 0.3) is 0 Å². The van der Waals surface area contributed by atoms with Gasteiger partial charge in [0.15, 0.2) is 5.78 Å². The maximum atomic E-state index is 11.9. The van der Waals surface area contributed by atoms with Crippen LogP contribution in [0.25, 0.3) is 0 Å². The normalized spacial score (nSPS) is 21.8. The molecule has 8 heteroatoms. The molecule has 0 amide bonds. The summed E-state index contributed by atoms with van der Waals surface area (Å²) < 4.78 is 7.06. The third-order valence-corrected chi connectivity index (χ3v) is 2.95. The van der Waals surface area contributed by atoms with E-state index < -0.39 is 49.0 Å². The summed E-state index contributed by atoms with van der Waals surface area (Å²) in [6.07, 6.45) is -9.54. The number of rotatable bonds is 10. The molecule has 0 spiro atoms. The van der Waals surface area contributed by atoms with Crippen LogP contribution in [0.15, 0.2) is 0 Å². The fourth-order valence-electron chi connectivity index (χ4n) is 1.69. The Morgan fingerprint density at radius 3 is 2.05 bits per heavy atom. The minimum absolute atomic E-state index is 0.0490. The van der Waals surface area contributed by atoms with Gasteiger partial charge in [-0.1, -0.05) is 13.8 Å². The Hall–Kier alpha value is -0.610. The van der Waals surface area contributed by atoms with Crippen molar-refractivity contribution in [1.29, 1.82) is 0 Å². The molecule has 0 aromatic heterocycles. The Labute approximate surface area is 118 Å². The molecule has 0 fully saturated rings. The lowest BCUT2D eigenvalue weighted by molar-refractivity contribution is -0.156. The summed E-state index contributed by atoms with van der Waals surface area (Å²) in [7, 11) is 0. The average Bonchev–Trinajstić information content (AvgIpc) is 2.47. The molecule has 0 bridgehead atoms. The van der Waals surface area contributed by atoms with Crippen LogP contribution in [0.5, 0.6) is 0 Å². The summed E-state index contributed by atoms with van der Waals surface area (Å²) in [5.74, 6) is -0.858. The molecular formula is C12H25NO7. The highest BCUT2D eigenvalue weighted by Crippen LogP contribution is 2.12. The average molecular weight is 296 g/mol. The molecule has 8 N–H and O–H groups in total. The number of nitrogens with two attached hydrogens (primary N) is 1. The zero-order chi connectivity index (χ0) is 16.7. The molecule has 0 rings (SSSR count). The van der Waals surface area contributed by atoms with Crippen LogP contribution in [0.4, 0.5) is 0 Å². The topological polar surface area (TPSA) is 164 Å². The van der Waals surface area contributed by atoms with Crippen LogP contribution in [-0.4, -0.2) is 79.6 Å².